The molecule has 2 aliphatic rings. The van der Waals surface area contributed by atoms with Gasteiger partial charge in [-0.2, -0.15) is 5.10 Å². The van der Waals surface area contributed by atoms with E-state index in [-0.39, 0.29) is 12.3 Å². The first-order chi connectivity index (χ1) is 13.2. The molecule has 6 heteroatoms. The fourth-order valence-corrected chi connectivity index (χ4v) is 4.13. The molecule has 0 spiro atoms. The Morgan fingerprint density at radius 3 is 2.59 bits per heavy atom. The first-order valence-corrected chi connectivity index (χ1v) is 9.84. The predicted octanol–water partition coefficient (Wildman–Crippen LogP) is 5.74. The van der Waals surface area contributed by atoms with Crippen LogP contribution in [0.15, 0.2) is 76.6 Å². The molecule has 0 aliphatic carbocycles. The third kappa shape index (κ3) is 3.01. The molecule has 1 aromatic heterocycles. The van der Waals surface area contributed by atoms with Crippen LogP contribution in [0.1, 0.15) is 35.4 Å². The quantitative estimate of drug-likeness (QED) is 0.510. The highest BCUT2D eigenvalue weighted by molar-refractivity contribution is 9.10. The highest BCUT2D eigenvalue weighted by Gasteiger charge is 2.41. The topological polar surface area (TPSA) is 37.7 Å². The molecule has 0 amide bonds. The maximum absolute atomic E-state index is 6.34. The zero-order chi connectivity index (χ0) is 18.4. The Kier molecular flexibility index (Phi) is 4.14. The Morgan fingerprint density at radius 1 is 1.04 bits per heavy atom. The third-order valence-electron chi connectivity index (χ3n) is 4.92. The fraction of sp³-hybridized carbons (Fsp3) is 0.143. The molecule has 0 fully saturated rings. The Hall–Kier alpha value is -2.37. The maximum Gasteiger partial charge on any atom is 0.213 e. The molecule has 0 saturated carbocycles. The molecular formula is C21H15BrClN3O. The van der Waals surface area contributed by atoms with Crippen molar-refractivity contribution in [2.75, 3.05) is 0 Å². The first kappa shape index (κ1) is 16.8. The van der Waals surface area contributed by atoms with Gasteiger partial charge >= 0.3 is 0 Å². The standard InChI is InChI=1S/C21H15BrClN3O/c22-15-3-6-20-17(11-15)19-12-18(13-1-4-16(23)5-2-13)25-26(19)21(27-20)14-7-9-24-10-8-14/h1-11,19,21H,12H2/t19-,21-/m0/s1. The fourth-order valence-electron chi connectivity index (χ4n) is 3.62. The number of pyridine rings is 1. The second-order valence-corrected chi connectivity index (χ2v) is 7.94. The number of halogens is 2. The summed E-state index contributed by atoms with van der Waals surface area (Å²) in [5, 5.41) is 7.73. The van der Waals surface area contributed by atoms with E-state index in [1.54, 1.807) is 12.4 Å². The van der Waals surface area contributed by atoms with E-state index in [0.717, 1.165) is 44.1 Å². The molecule has 2 aliphatic heterocycles. The molecule has 3 aromatic rings. The highest BCUT2D eigenvalue weighted by atomic mass is 79.9. The number of aromatic nitrogens is 1. The molecule has 0 saturated heterocycles. The molecule has 0 unspecified atom stereocenters. The summed E-state index contributed by atoms with van der Waals surface area (Å²) in [6.45, 7) is 0. The second-order valence-electron chi connectivity index (χ2n) is 6.59. The van der Waals surface area contributed by atoms with Crippen molar-refractivity contribution in [2.24, 2.45) is 5.10 Å². The molecule has 0 bridgehead atoms. The molecule has 0 N–H and O–H groups in total. The van der Waals surface area contributed by atoms with Crippen molar-refractivity contribution in [2.45, 2.75) is 18.7 Å². The van der Waals surface area contributed by atoms with Crippen molar-refractivity contribution in [3.05, 3.63) is 93.2 Å². The number of fused-ring (bicyclic) bond motifs is 3. The lowest BCUT2D eigenvalue weighted by molar-refractivity contribution is -0.0191. The van der Waals surface area contributed by atoms with Gasteiger partial charge in [0, 0.05) is 39.4 Å². The molecule has 5 rings (SSSR count). The van der Waals surface area contributed by atoms with Crippen molar-refractivity contribution >= 4 is 33.2 Å². The Balaban J connectivity index is 1.60. The number of hydrogen-bond donors (Lipinski definition) is 0. The Labute approximate surface area is 170 Å². The maximum atomic E-state index is 6.34. The van der Waals surface area contributed by atoms with E-state index < -0.39 is 0 Å². The minimum Gasteiger partial charge on any atom is -0.464 e. The van der Waals surface area contributed by atoms with Crippen LogP contribution in [0.5, 0.6) is 5.75 Å². The summed E-state index contributed by atoms with van der Waals surface area (Å²) >= 11 is 9.63. The number of ether oxygens (including phenoxy) is 1. The van der Waals surface area contributed by atoms with Crippen molar-refractivity contribution < 1.29 is 4.74 Å². The van der Waals surface area contributed by atoms with Gasteiger partial charge in [0.2, 0.25) is 6.23 Å². The summed E-state index contributed by atoms with van der Waals surface area (Å²) in [6, 6.07) is 18.1. The lowest BCUT2D eigenvalue weighted by Crippen LogP contribution is -2.33. The summed E-state index contributed by atoms with van der Waals surface area (Å²) in [5.74, 6) is 0.897. The van der Waals surface area contributed by atoms with Crippen molar-refractivity contribution in [3.8, 4) is 5.75 Å². The second kappa shape index (κ2) is 6.66. The van der Waals surface area contributed by atoms with Crippen LogP contribution in [0.4, 0.5) is 0 Å². The lowest BCUT2D eigenvalue weighted by atomic mass is 9.96. The van der Waals surface area contributed by atoms with Crippen LogP contribution in [-0.2, 0) is 0 Å². The summed E-state index contributed by atoms with van der Waals surface area (Å²) in [4.78, 5) is 4.12. The van der Waals surface area contributed by atoms with Crippen molar-refractivity contribution in [1.29, 1.82) is 0 Å². The number of benzene rings is 2. The van der Waals surface area contributed by atoms with E-state index in [9.17, 15) is 0 Å². The summed E-state index contributed by atoms with van der Waals surface area (Å²) < 4.78 is 7.37. The smallest absolute Gasteiger partial charge is 0.213 e. The van der Waals surface area contributed by atoms with Crippen LogP contribution in [0, 0.1) is 0 Å². The number of hydrazone groups is 1. The van der Waals surface area contributed by atoms with Gasteiger partial charge in [-0.1, -0.05) is 39.7 Å². The SMILES string of the molecule is Clc1ccc(C2=NN3[C@@H](C2)c2cc(Br)ccc2O[C@H]3c2ccncc2)cc1. The van der Waals surface area contributed by atoms with Crippen LogP contribution < -0.4 is 4.74 Å². The molecular weight excluding hydrogens is 426 g/mol. The van der Waals surface area contributed by atoms with E-state index >= 15 is 0 Å². The van der Waals surface area contributed by atoms with Gasteiger partial charge in [-0.15, -0.1) is 0 Å². The van der Waals surface area contributed by atoms with Gasteiger partial charge < -0.3 is 4.74 Å². The Bertz CT molecular complexity index is 1020. The average molecular weight is 441 g/mol. The number of rotatable bonds is 2. The van der Waals surface area contributed by atoms with Crippen LogP contribution in [-0.4, -0.2) is 15.7 Å². The predicted molar refractivity (Wildman–Crippen MR) is 109 cm³/mol. The third-order valence-corrected chi connectivity index (χ3v) is 5.67. The number of nitrogens with zero attached hydrogens (tertiary/aromatic N) is 3. The number of hydrogen-bond acceptors (Lipinski definition) is 4. The Morgan fingerprint density at radius 2 is 1.81 bits per heavy atom. The molecule has 4 nitrogen and oxygen atoms in total. The largest absolute Gasteiger partial charge is 0.464 e. The van der Waals surface area contributed by atoms with Gasteiger partial charge in [-0.3, -0.25) is 4.98 Å². The van der Waals surface area contributed by atoms with Gasteiger partial charge in [0.15, 0.2) is 0 Å². The summed E-state index contributed by atoms with van der Waals surface area (Å²) in [6.07, 6.45) is 4.10. The summed E-state index contributed by atoms with van der Waals surface area (Å²) in [7, 11) is 0. The van der Waals surface area contributed by atoms with Crippen molar-refractivity contribution in [1.82, 2.24) is 9.99 Å². The minimum atomic E-state index is -0.281. The normalized spacial score (nSPS) is 20.5. The molecule has 2 aromatic carbocycles. The zero-order valence-electron chi connectivity index (χ0n) is 14.2. The van der Waals surface area contributed by atoms with Gasteiger partial charge in [0.05, 0.1) is 11.8 Å². The summed E-state index contributed by atoms with van der Waals surface area (Å²) in [5.41, 5.74) is 4.29. The molecule has 134 valence electrons. The van der Waals surface area contributed by atoms with Crippen LogP contribution in [0.3, 0.4) is 0 Å². The van der Waals surface area contributed by atoms with Gasteiger partial charge in [0.1, 0.15) is 5.75 Å². The zero-order valence-corrected chi connectivity index (χ0v) is 16.6. The van der Waals surface area contributed by atoms with Crippen LogP contribution >= 0.6 is 27.5 Å². The van der Waals surface area contributed by atoms with Gasteiger partial charge in [-0.05, 0) is 48.0 Å². The molecule has 0 radical (unpaired) electrons. The van der Waals surface area contributed by atoms with E-state index in [0.29, 0.717) is 0 Å². The van der Waals surface area contributed by atoms with E-state index in [2.05, 4.69) is 32.0 Å². The highest BCUT2D eigenvalue weighted by Crippen LogP contribution is 2.48. The monoisotopic (exact) mass is 439 g/mol. The van der Waals surface area contributed by atoms with E-state index in [4.69, 9.17) is 21.4 Å². The lowest BCUT2D eigenvalue weighted by Gasteiger charge is -2.38. The van der Waals surface area contributed by atoms with E-state index in [1.165, 1.54) is 0 Å². The molecule has 27 heavy (non-hydrogen) atoms. The van der Waals surface area contributed by atoms with Gasteiger partial charge in [0.25, 0.3) is 0 Å². The molecule has 2 atom stereocenters. The van der Waals surface area contributed by atoms with E-state index in [1.807, 2.05) is 48.5 Å². The van der Waals surface area contributed by atoms with Crippen molar-refractivity contribution in [3.63, 3.8) is 0 Å². The first-order valence-electron chi connectivity index (χ1n) is 8.67. The van der Waals surface area contributed by atoms with Crippen LogP contribution in [0.2, 0.25) is 5.02 Å². The van der Waals surface area contributed by atoms with Crippen LogP contribution in [0.25, 0.3) is 0 Å². The van der Waals surface area contributed by atoms with Gasteiger partial charge in [-0.25, -0.2) is 5.01 Å². The average Bonchev–Trinajstić information content (AvgIpc) is 3.14. The minimum absolute atomic E-state index is 0.120. The molecule has 3 heterocycles.